The summed E-state index contributed by atoms with van der Waals surface area (Å²) in [5.41, 5.74) is 3.56. The molecule has 1 atom stereocenters. The lowest BCUT2D eigenvalue weighted by atomic mass is 10.1. The smallest absolute Gasteiger partial charge is 0.119 e. The van der Waals surface area contributed by atoms with Gasteiger partial charge in [-0.2, -0.15) is 0 Å². The molecule has 0 spiro atoms. The number of allylic oxidation sites excluding steroid dienone is 1. The van der Waals surface area contributed by atoms with E-state index in [9.17, 15) is 0 Å². The molecule has 0 aliphatic carbocycles. The summed E-state index contributed by atoms with van der Waals surface area (Å²) in [5.74, 6) is 0.860. The summed E-state index contributed by atoms with van der Waals surface area (Å²) >= 11 is 0. The van der Waals surface area contributed by atoms with Gasteiger partial charge in [-0.1, -0.05) is 55.6 Å². The van der Waals surface area contributed by atoms with E-state index in [1.807, 2.05) is 30.3 Å². The van der Waals surface area contributed by atoms with Crippen LogP contribution in [0.25, 0.3) is 0 Å². The molecule has 0 saturated carbocycles. The van der Waals surface area contributed by atoms with E-state index in [0.29, 0.717) is 0 Å². The number of aliphatic hydroxyl groups is 1. The van der Waals surface area contributed by atoms with Crippen LogP contribution in [-0.4, -0.2) is 13.9 Å². The zero-order valence-corrected chi connectivity index (χ0v) is 14.5. The van der Waals surface area contributed by atoms with E-state index < -0.39 is 8.80 Å². The van der Waals surface area contributed by atoms with Gasteiger partial charge < -0.3 is 9.84 Å². The van der Waals surface area contributed by atoms with Gasteiger partial charge >= 0.3 is 0 Å². The third-order valence-electron chi connectivity index (χ3n) is 3.66. The fraction of sp³-hybridized carbons (Fsp3) is 0.263. The van der Waals surface area contributed by atoms with Crippen molar-refractivity contribution in [2.24, 2.45) is 0 Å². The molecule has 0 amide bonds. The van der Waals surface area contributed by atoms with Gasteiger partial charge in [0.15, 0.2) is 0 Å². The van der Waals surface area contributed by atoms with E-state index in [-0.39, 0.29) is 12.3 Å². The Kier molecular flexibility index (Phi) is 5.98. The van der Waals surface area contributed by atoms with E-state index in [1.54, 1.807) is 0 Å². The molecule has 2 rings (SSSR count). The van der Waals surface area contributed by atoms with Gasteiger partial charge in [-0.25, -0.2) is 0 Å². The van der Waals surface area contributed by atoms with Crippen molar-refractivity contribution in [2.75, 3.05) is 0 Å². The molecule has 2 aromatic carbocycles. The van der Waals surface area contributed by atoms with Gasteiger partial charge in [-0.05, 0) is 35.2 Å². The van der Waals surface area contributed by atoms with Crippen LogP contribution in [0, 0.1) is 0 Å². The number of hydrogen-bond acceptors (Lipinski definition) is 2. The molecule has 0 radical (unpaired) electrons. The van der Waals surface area contributed by atoms with Gasteiger partial charge in [-0.3, -0.25) is 0 Å². The normalized spacial score (nSPS) is 12.2. The second-order valence-corrected chi connectivity index (χ2v) is 8.91. The Morgan fingerprint density at radius 3 is 2.14 bits per heavy atom. The minimum Gasteiger partial charge on any atom is -0.490 e. The minimum atomic E-state index is -1.03. The fourth-order valence-electron chi connectivity index (χ4n) is 2.42. The molecule has 2 nitrogen and oxygen atoms in total. The first kappa shape index (κ1) is 16.5. The Balaban J connectivity index is 2.16. The molecule has 3 heteroatoms. The summed E-state index contributed by atoms with van der Waals surface area (Å²) in [5, 5.41) is 9.11. The zero-order valence-electron chi connectivity index (χ0n) is 13.3. The SMILES string of the molecule is C=CCc1ccc(C(Oc2ccc(CO)cc2)[SiH](C)C)cc1. The second kappa shape index (κ2) is 7.97. The maximum absolute atomic E-state index is 9.11. The maximum atomic E-state index is 9.11. The van der Waals surface area contributed by atoms with E-state index in [2.05, 4.69) is 43.9 Å². The van der Waals surface area contributed by atoms with Crippen LogP contribution in [0.2, 0.25) is 13.1 Å². The zero-order chi connectivity index (χ0) is 15.9. The molecule has 0 saturated heterocycles. The fourth-order valence-corrected chi connectivity index (χ4v) is 3.84. The molecule has 1 N–H and O–H groups in total. The van der Waals surface area contributed by atoms with Crippen molar-refractivity contribution in [3.05, 3.63) is 77.9 Å². The van der Waals surface area contributed by atoms with Crippen LogP contribution in [-0.2, 0) is 13.0 Å². The van der Waals surface area contributed by atoms with Crippen LogP contribution >= 0.6 is 0 Å². The molecular weight excluding hydrogens is 288 g/mol. The van der Waals surface area contributed by atoms with Crippen molar-refractivity contribution in [3.63, 3.8) is 0 Å². The van der Waals surface area contributed by atoms with Crippen LogP contribution in [0.5, 0.6) is 5.75 Å². The van der Waals surface area contributed by atoms with Gasteiger partial charge in [0.25, 0.3) is 0 Å². The van der Waals surface area contributed by atoms with Crippen LogP contribution in [0.1, 0.15) is 22.4 Å². The number of hydrogen-bond donors (Lipinski definition) is 1. The third kappa shape index (κ3) is 4.32. The molecule has 22 heavy (non-hydrogen) atoms. The number of aliphatic hydroxyl groups excluding tert-OH is 1. The monoisotopic (exact) mass is 312 g/mol. The van der Waals surface area contributed by atoms with E-state index >= 15 is 0 Å². The molecular formula is C19H24O2Si. The lowest BCUT2D eigenvalue weighted by molar-refractivity contribution is 0.276. The lowest BCUT2D eigenvalue weighted by Gasteiger charge is -2.23. The highest BCUT2D eigenvalue weighted by atomic mass is 28.3. The molecule has 2 aromatic rings. The molecule has 0 fully saturated rings. The highest BCUT2D eigenvalue weighted by Crippen LogP contribution is 2.25. The average molecular weight is 312 g/mol. The van der Waals surface area contributed by atoms with Gasteiger partial charge in [-0.15, -0.1) is 6.58 Å². The standard InChI is InChI=1S/C19H24O2Si/c1-4-5-15-6-10-17(11-7-15)19(22(2)3)21-18-12-8-16(14-20)9-13-18/h4,6-13,19-20,22H,1,5,14H2,2-3H3. The predicted octanol–water partition coefficient (Wildman–Crippen LogP) is 4.05. The van der Waals surface area contributed by atoms with Crippen molar-refractivity contribution in [1.29, 1.82) is 0 Å². The maximum Gasteiger partial charge on any atom is 0.119 e. The van der Waals surface area contributed by atoms with Crippen molar-refractivity contribution in [3.8, 4) is 5.75 Å². The molecule has 0 aromatic heterocycles. The first-order valence-corrected chi connectivity index (χ1v) is 10.7. The summed E-state index contributed by atoms with van der Waals surface area (Å²) in [4.78, 5) is 0. The Morgan fingerprint density at radius 2 is 1.64 bits per heavy atom. The topological polar surface area (TPSA) is 29.5 Å². The van der Waals surface area contributed by atoms with Gasteiger partial charge in [0, 0.05) is 0 Å². The summed E-state index contributed by atoms with van der Waals surface area (Å²) in [7, 11) is -1.03. The van der Waals surface area contributed by atoms with Gasteiger partial charge in [0.2, 0.25) is 0 Å². The summed E-state index contributed by atoms with van der Waals surface area (Å²) in [6.07, 6.45) is 2.82. The number of ether oxygens (including phenoxy) is 1. The van der Waals surface area contributed by atoms with Crippen molar-refractivity contribution >= 4 is 8.80 Å². The Bertz CT molecular complexity index is 588. The van der Waals surface area contributed by atoms with Crippen molar-refractivity contribution in [2.45, 2.75) is 31.8 Å². The quantitative estimate of drug-likeness (QED) is 0.617. The highest BCUT2D eigenvalue weighted by molar-refractivity contribution is 6.57. The first-order chi connectivity index (χ1) is 10.6. The Labute approximate surface area is 134 Å². The average Bonchev–Trinajstić information content (AvgIpc) is 2.54. The van der Waals surface area contributed by atoms with E-state index in [4.69, 9.17) is 9.84 Å². The van der Waals surface area contributed by atoms with Gasteiger partial charge in [0.05, 0.1) is 15.4 Å². The van der Waals surface area contributed by atoms with E-state index in [1.165, 1.54) is 11.1 Å². The third-order valence-corrected chi connectivity index (χ3v) is 5.39. The first-order valence-electron chi connectivity index (χ1n) is 7.70. The summed E-state index contributed by atoms with van der Waals surface area (Å²) in [6, 6.07) is 16.3. The summed E-state index contributed by atoms with van der Waals surface area (Å²) in [6.45, 7) is 8.43. The molecule has 0 heterocycles. The highest BCUT2D eigenvalue weighted by Gasteiger charge is 2.18. The van der Waals surface area contributed by atoms with Crippen LogP contribution in [0.15, 0.2) is 61.2 Å². The largest absolute Gasteiger partial charge is 0.490 e. The minimum absolute atomic E-state index is 0.0629. The molecule has 1 unspecified atom stereocenters. The van der Waals surface area contributed by atoms with Crippen LogP contribution < -0.4 is 4.74 Å². The number of rotatable bonds is 7. The van der Waals surface area contributed by atoms with Crippen molar-refractivity contribution < 1.29 is 9.84 Å². The Hall–Kier alpha value is -1.84. The lowest BCUT2D eigenvalue weighted by Crippen LogP contribution is -2.22. The number of benzene rings is 2. The second-order valence-electron chi connectivity index (χ2n) is 5.82. The van der Waals surface area contributed by atoms with Crippen molar-refractivity contribution in [1.82, 2.24) is 0 Å². The van der Waals surface area contributed by atoms with Gasteiger partial charge in [0.1, 0.15) is 11.5 Å². The van der Waals surface area contributed by atoms with Crippen LogP contribution in [0.3, 0.4) is 0 Å². The molecule has 0 bridgehead atoms. The molecule has 116 valence electrons. The van der Waals surface area contributed by atoms with Crippen LogP contribution in [0.4, 0.5) is 0 Å². The molecule has 0 aliphatic heterocycles. The Morgan fingerprint density at radius 1 is 1.05 bits per heavy atom. The van der Waals surface area contributed by atoms with E-state index in [0.717, 1.165) is 17.7 Å². The predicted molar refractivity (Wildman–Crippen MR) is 95.0 cm³/mol. The summed E-state index contributed by atoms with van der Waals surface area (Å²) < 4.78 is 6.22. The molecule has 0 aliphatic rings.